The van der Waals surface area contributed by atoms with Gasteiger partial charge >= 0.3 is 12.1 Å². The van der Waals surface area contributed by atoms with Gasteiger partial charge in [-0.2, -0.15) is 21.7 Å². The molecule has 0 atom stereocenters. The predicted molar refractivity (Wildman–Crippen MR) is 84.6 cm³/mol. The molecule has 0 aliphatic heterocycles. The molecule has 0 saturated heterocycles. The zero-order chi connectivity index (χ0) is 23.1. The fourth-order valence-electron chi connectivity index (χ4n) is 1.01. The summed E-state index contributed by atoms with van der Waals surface area (Å²) in [6.45, 7) is 0. The van der Waals surface area contributed by atoms with Crippen LogP contribution in [0.25, 0.3) is 22.5 Å². The Labute approximate surface area is 163 Å². The van der Waals surface area contributed by atoms with Crippen molar-refractivity contribution in [3.63, 3.8) is 0 Å². The second-order valence-electron chi connectivity index (χ2n) is 3.91. The molecular formula is C6H16N18O6. The van der Waals surface area contributed by atoms with E-state index in [0.717, 1.165) is 0 Å². The maximum absolute atomic E-state index is 10.0. The first kappa shape index (κ1) is 25.1. The lowest BCUT2D eigenvalue weighted by molar-refractivity contribution is -0.452. The lowest BCUT2D eigenvalue weighted by Gasteiger charge is -2.09. The summed E-state index contributed by atoms with van der Waals surface area (Å²) >= 11 is 0. The van der Waals surface area contributed by atoms with E-state index in [1.807, 2.05) is 0 Å². The zero-order valence-corrected chi connectivity index (χ0v) is 14.8. The van der Waals surface area contributed by atoms with Crippen molar-refractivity contribution in [3.05, 3.63) is 31.1 Å². The van der Waals surface area contributed by atoms with Crippen LogP contribution in [0.1, 0.15) is 0 Å². The molecule has 0 radical (unpaired) electrons. The highest BCUT2D eigenvalue weighted by Crippen LogP contribution is 2.17. The highest BCUT2D eigenvalue weighted by Gasteiger charge is 1.92. The normalized spacial score (nSPS) is 8.80. The van der Waals surface area contributed by atoms with Gasteiger partial charge in [-0.05, 0) is 0 Å². The van der Waals surface area contributed by atoms with Gasteiger partial charge in [-0.3, -0.25) is 43.6 Å². The maximum atomic E-state index is 10.0. The van der Waals surface area contributed by atoms with Crippen LogP contribution in [0.3, 0.4) is 0 Å². The van der Waals surface area contributed by atoms with E-state index in [1.54, 1.807) is 0 Å². The van der Waals surface area contributed by atoms with E-state index < -0.39 is 22.0 Å². The van der Waals surface area contributed by atoms with Crippen LogP contribution in [0, 0.1) is 20.2 Å². The van der Waals surface area contributed by atoms with E-state index >= 15 is 0 Å². The third kappa shape index (κ3) is 10.3. The van der Waals surface area contributed by atoms with Crippen LogP contribution in [-0.2, 0) is 0 Å². The Morgan fingerprint density at radius 1 is 0.733 bits per heavy atom. The monoisotopic (exact) mass is 436 g/mol. The second kappa shape index (κ2) is 13.3. The number of carbonyl (C=O) groups is 2. The van der Waals surface area contributed by atoms with E-state index in [9.17, 15) is 29.8 Å². The number of nitro groups is 2. The molecule has 0 aliphatic rings. The smallest absolute Gasteiger partial charge is 0.402 e. The summed E-state index contributed by atoms with van der Waals surface area (Å²) < 4.78 is 0. The molecule has 24 heteroatoms. The van der Waals surface area contributed by atoms with Gasteiger partial charge in [0.1, 0.15) is 0 Å². The van der Waals surface area contributed by atoms with Gasteiger partial charge in [-0.15, -0.1) is 0 Å². The van der Waals surface area contributed by atoms with E-state index in [4.69, 9.17) is 0 Å². The third-order valence-corrected chi connectivity index (χ3v) is 2.06. The molecule has 0 aromatic carbocycles. The van der Waals surface area contributed by atoms with Gasteiger partial charge in [0.15, 0.2) is 0 Å². The number of aromatic nitrogens is 6. The highest BCUT2D eigenvalue weighted by atomic mass is 16.7. The number of nitrogens with one attached hydrogen (secondary N) is 4. The molecule has 2 aromatic rings. The first-order valence-electron chi connectivity index (χ1n) is 6.84. The molecule has 24 nitrogen and oxygen atoms in total. The van der Waals surface area contributed by atoms with E-state index in [1.165, 1.54) is 0 Å². The third-order valence-electron chi connectivity index (χ3n) is 2.06. The van der Waals surface area contributed by atoms with Gasteiger partial charge in [0, 0.05) is 11.6 Å². The predicted octanol–water partition coefficient (Wildman–Crippen LogP) is -7.56. The summed E-state index contributed by atoms with van der Waals surface area (Å²) in [6.07, 6.45) is 0. The fourth-order valence-corrected chi connectivity index (χ4v) is 1.01. The van der Waals surface area contributed by atoms with Crippen LogP contribution in [0.15, 0.2) is 0 Å². The van der Waals surface area contributed by atoms with Gasteiger partial charge in [0.25, 0.3) is 0 Å². The number of rotatable bonds is 5. The van der Waals surface area contributed by atoms with Crippen molar-refractivity contribution in [2.75, 3.05) is 0 Å². The Morgan fingerprint density at radius 2 is 1.03 bits per heavy atom. The summed E-state index contributed by atoms with van der Waals surface area (Å²) in [6, 6.07) is -0.759. The molecule has 30 heavy (non-hydrogen) atoms. The Kier molecular flexibility index (Phi) is 11.1. The van der Waals surface area contributed by atoms with Crippen LogP contribution >= 0.6 is 0 Å². The second-order valence-corrected chi connectivity index (χ2v) is 3.91. The Balaban J connectivity index is 0.000000580. The minimum Gasteiger partial charge on any atom is -0.502 e. The molecule has 2 rings (SSSR count). The summed E-state index contributed by atoms with van der Waals surface area (Å²) in [4.78, 5) is 46.8. The number of quaternary nitrogens is 4. The average Bonchev–Trinajstić information content (AvgIpc) is 3.36. The van der Waals surface area contributed by atoms with Crippen LogP contribution in [0.2, 0.25) is 0 Å². The van der Waals surface area contributed by atoms with Gasteiger partial charge in [0.2, 0.25) is 0 Å². The molecule has 0 saturated carbocycles. The van der Waals surface area contributed by atoms with E-state index in [-0.39, 0.29) is 23.7 Å². The topological polar surface area (TPSA) is 387 Å². The SMILES string of the molecule is O=[N+]([O-])[N-]c1nnc(-c2nnc([N-][N+](=O)[O-])[n-]2)[n-]1.[NH3+]NC(=O)N[NH3+].[NH3+]NC(=O)N[NH3+]. The fraction of sp³-hybridized carbons (Fsp3) is 0. The minimum absolute atomic E-state index is 0.201. The van der Waals surface area contributed by atoms with Crippen LogP contribution in [-0.4, -0.2) is 42.5 Å². The summed E-state index contributed by atoms with van der Waals surface area (Å²) in [5.74, 6) is 10.8. The van der Waals surface area contributed by atoms with Gasteiger partial charge in [-0.1, -0.05) is 11.9 Å². The van der Waals surface area contributed by atoms with Gasteiger partial charge < -0.3 is 30.4 Å². The van der Waals surface area contributed by atoms with Crippen molar-refractivity contribution in [3.8, 4) is 11.6 Å². The maximum Gasteiger partial charge on any atom is 0.402 e. The molecule has 0 bridgehead atoms. The molecule has 166 valence electrons. The van der Waals surface area contributed by atoms with Crippen molar-refractivity contribution in [1.29, 1.82) is 0 Å². The van der Waals surface area contributed by atoms with E-state index in [2.05, 4.69) is 86.3 Å². The molecule has 16 N–H and O–H groups in total. The van der Waals surface area contributed by atoms with Crippen molar-refractivity contribution >= 4 is 24.0 Å². The Hall–Kier alpha value is -4.94. The first-order valence-corrected chi connectivity index (χ1v) is 6.84. The molecule has 0 fully saturated rings. The standard InChI is InChI=1S/C4N10O4.2CH6N4O/c15-13(16)11-3-5-1(7-9-3)2-6-4(10-8-2)12-14(17)18;2*2-4-1(6)5-3/h;2*2-3H2,(H2,4,5,6)/q-4;;/p+4. The Morgan fingerprint density at radius 3 is 1.23 bits per heavy atom. The highest BCUT2D eigenvalue weighted by molar-refractivity contribution is 5.70. The van der Waals surface area contributed by atoms with Crippen molar-refractivity contribution < 1.29 is 43.0 Å². The molecule has 0 aliphatic carbocycles. The molecule has 0 spiro atoms. The summed E-state index contributed by atoms with van der Waals surface area (Å²) in [5, 5.41) is 31.4. The zero-order valence-electron chi connectivity index (χ0n) is 14.8. The number of amides is 4. The first-order chi connectivity index (χ1) is 14.2. The number of hydrogen-bond acceptors (Lipinski definition) is 10. The van der Waals surface area contributed by atoms with Crippen molar-refractivity contribution in [2.45, 2.75) is 0 Å². The number of hydrogen-bond donors (Lipinski definition) is 8. The lowest BCUT2D eigenvalue weighted by Crippen LogP contribution is -2.77. The largest absolute Gasteiger partial charge is 0.502 e. The summed E-state index contributed by atoms with van der Waals surface area (Å²) in [7, 11) is 0. The summed E-state index contributed by atoms with van der Waals surface area (Å²) in [5.41, 5.74) is 13.8. The number of urea groups is 2. The molecular weight excluding hydrogens is 420 g/mol. The Bertz CT molecular complexity index is 749. The number of carbonyl (C=O) groups excluding carboxylic acids is 2. The van der Waals surface area contributed by atoms with Crippen LogP contribution in [0.4, 0.5) is 21.5 Å². The molecule has 4 amide bonds. The quantitative estimate of drug-likeness (QED) is 0.160. The van der Waals surface area contributed by atoms with E-state index in [0.29, 0.717) is 0 Å². The van der Waals surface area contributed by atoms with Gasteiger partial charge in [-0.25, -0.2) is 20.4 Å². The van der Waals surface area contributed by atoms with Gasteiger partial charge in [0.05, 0.1) is 10.1 Å². The van der Waals surface area contributed by atoms with Crippen molar-refractivity contribution in [1.82, 2.24) is 52.1 Å². The minimum atomic E-state index is -1.00. The molecule has 2 aromatic heterocycles. The van der Waals surface area contributed by atoms with Crippen LogP contribution in [0.5, 0.6) is 0 Å². The molecule has 2 heterocycles. The van der Waals surface area contributed by atoms with Crippen molar-refractivity contribution in [2.24, 2.45) is 0 Å². The average molecular weight is 436 g/mol. The van der Waals surface area contributed by atoms with Crippen LogP contribution < -0.4 is 55.0 Å². The number of nitrogens with zero attached hydrogens (tertiary/aromatic N) is 10. The lowest BCUT2D eigenvalue weighted by atomic mass is 10.6. The molecule has 0 unspecified atom stereocenters.